The van der Waals surface area contributed by atoms with E-state index in [0.717, 1.165) is 12.0 Å². The summed E-state index contributed by atoms with van der Waals surface area (Å²) in [4.78, 5) is 12.6. The smallest absolute Gasteiger partial charge is 0.261 e. The summed E-state index contributed by atoms with van der Waals surface area (Å²) < 4.78 is 11.2. The number of carbonyl (C=O) groups excluding carboxylic acids is 1. The van der Waals surface area contributed by atoms with Gasteiger partial charge in [0.25, 0.3) is 5.91 Å². The quantitative estimate of drug-likeness (QED) is 0.779. The highest BCUT2D eigenvalue weighted by atomic mass is 16.5. The molecule has 0 saturated heterocycles. The largest absolute Gasteiger partial charge is 0.493 e. The molecule has 0 aliphatic heterocycles. The molecule has 0 aliphatic carbocycles. The number of aryl methyl sites for hydroxylation is 1. The average molecular weight is 341 g/mol. The van der Waals surface area contributed by atoms with E-state index >= 15 is 0 Å². The van der Waals surface area contributed by atoms with Crippen molar-refractivity contribution in [2.75, 3.05) is 7.11 Å². The zero-order chi connectivity index (χ0) is 18.2. The molecule has 0 radical (unpaired) electrons. The summed E-state index contributed by atoms with van der Waals surface area (Å²) in [6.45, 7) is 6.04. The second-order valence-corrected chi connectivity index (χ2v) is 5.99. The lowest BCUT2D eigenvalue weighted by Crippen LogP contribution is -2.39. The molecule has 2 atom stereocenters. The molecule has 0 spiro atoms. The van der Waals surface area contributed by atoms with Crippen LogP contribution < -0.4 is 14.8 Å². The van der Waals surface area contributed by atoms with Crippen LogP contribution in [0.3, 0.4) is 0 Å². The first kappa shape index (κ1) is 18.8. The first-order valence-electron chi connectivity index (χ1n) is 8.77. The molecule has 2 aromatic carbocycles. The van der Waals surface area contributed by atoms with Gasteiger partial charge in [-0.1, -0.05) is 50.2 Å². The summed E-state index contributed by atoms with van der Waals surface area (Å²) in [6, 6.07) is 15.6. The first-order valence-corrected chi connectivity index (χ1v) is 8.77. The fourth-order valence-corrected chi connectivity index (χ4v) is 2.62. The lowest BCUT2D eigenvalue weighted by molar-refractivity contribution is -0.128. The van der Waals surface area contributed by atoms with Gasteiger partial charge in [0.15, 0.2) is 17.6 Å². The Bertz CT molecular complexity index is 682. The van der Waals surface area contributed by atoms with Gasteiger partial charge in [-0.15, -0.1) is 0 Å². The van der Waals surface area contributed by atoms with E-state index < -0.39 is 6.10 Å². The van der Waals surface area contributed by atoms with Crippen LogP contribution in [0.25, 0.3) is 0 Å². The summed E-state index contributed by atoms with van der Waals surface area (Å²) in [5.74, 6) is 1.07. The molecule has 0 aromatic heterocycles. The molecule has 25 heavy (non-hydrogen) atoms. The van der Waals surface area contributed by atoms with E-state index in [1.54, 1.807) is 7.11 Å². The van der Waals surface area contributed by atoms with Crippen molar-refractivity contribution in [1.29, 1.82) is 0 Å². The molecule has 0 aliphatic rings. The van der Waals surface area contributed by atoms with Gasteiger partial charge in [-0.05, 0) is 43.0 Å². The Labute approximate surface area is 150 Å². The third-order valence-corrected chi connectivity index (χ3v) is 4.25. The predicted molar refractivity (Wildman–Crippen MR) is 100 cm³/mol. The maximum absolute atomic E-state index is 12.6. The van der Waals surface area contributed by atoms with Crippen molar-refractivity contribution in [2.24, 2.45) is 0 Å². The molecule has 0 bridgehead atoms. The SMILES string of the molecule is CCc1ccc([C@@H](C)NC(=O)[C@H](CC)Oc2ccccc2OC)cc1. The maximum Gasteiger partial charge on any atom is 0.261 e. The Morgan fingerprint density at radius 1 is 1.04 bits per heavy atom. The Morgan fingerprint density at radius 3 is 2.24 bits per heavy atom. The van der Waals surface area contributed by atoms with Gasteiger partial charge >= 0.3 is 0 Å². The number of carbonyl (C=O) groups is 1. The molecule has 134 valence electrons. The first-order chi connectivity index (χ1) is 12.1. The second-order valence-electron chi connectivity index (χ2n) is 5.99. The number of benzene rings is 2. The van der Waals surface area contributed by atoms with Crippen molar-refractivity contribution < 1.29 is 14.3 Å². The van der Waals surface area contributed by atoms with Crippen LogP contribution in [-0.4, -0.2) is 19.1 Å². The van der Waals surface area contributed by atoms with E-state index in [9.17, 15) is 4.79 Å². The number of nitrogens with one attached hydrogen (secondary N) is 1. The van der Waals surface area contributed by atoms with E-state index in [1.807, 2.05) is 38.1 Å². The topological polar surface area (TPSA) is 47.6 Å². The highest BCUT2D eigenvalue weighted by molar-refractivity contribution is 5.81. The van der Waals surface area contributed by atoms with Crippen LogP contribution in [-0.2, 0) is 11.2 Å². The minimum Gasteiger partial charge on any atom is -0.493 e. The van der Waals surface area contributed by atoms with Gasteiger partial charge in [-0.25, -0.2) is 0 Å². The van der Waals surface area contributed by atoms with Crippen molar-refractivity contribution in [2.45, 2.75) is 45.8 Å². The molecule has 1 N–H and O–H groups in total. The minimum absolute atomic E-state index is 0.0753. The lowest BCUT2D eigenvalue weighted by Gasteiger charge is -2.21. The molecule has 2 rings (SSSR count). The monoisotopic (exact) mass is 341 g/mol. The van der Waals surface area contributed by atoms with Gasteiger partial charge < -0.3 is 14.8 Å². The zero-order valence-corrected chi connectivity index (χ0v) is 15.4. The van der Waals surface area contributed by atoms with Crippen LogP contribution in [0.15, 0.2) is 48.5 Å². The van der Waals surface area contributed by atoms with Crippen LogP contribution in [0, 0.1) is 0 Å². The second kappa shape index (κ2) is 9.11. The highest BCUT2D eigenvalue weighted by Crippen LogP contribution is 2.27. The molecular weight excluding hydrogens is 314 g/mol. The van der Waals surface area contributed by atoms with E-state index in [2.05, 4.69) is 36.5 Å². The number of ether oxygens (including phenoxy) is 2. The van der Waals surface area contributed by atoms with E-state index in [1.165, 1.54) is 5.56 Å². The Kier molecular flexibility index (Phi) is 6.87. The van der Waals surface area contributed by atoms with Crippen LogP contribution in [0.4, 0.5) is 0 Å². The number of methoxy groups -OCH3 is 1. The summed E-state index contributed by atoms with van der Waals surface area (Å²) in [6.07, 6.45) is 1.02. The molecular formula is C21H27NO3. The van der Waals surface area contributed by atoms with Crippen molar-refractivity contribution in [3.05, 3.63) is 59.7 Å². The average Bonchev–Trinajstić information content (AvgIpc) is 2.66. The molecule has 0 fully saturated rings. The molecule has 0 unspecified atom stereocenters. The number of hydrogen-bond acceptors (Lipinski definition) is 3. The number of hydrogen-bond donors (Lipinski definition) is 1. The van der Waals surface area contributed by atoms with Gasteiger partial charge in [0.1, 0.15) is 0 Å². The highest BCUT2D eigenvalue weighted by Gasteiger charge is 2.21. The summed E-state index contributed by atoms with van der Waals surface area (Å²) >= 11 is 0. The third-order valence-electron chi connectivity index (χ3n) is 4.25. The zero-order valence-electron chi connectivity index (χ0n) is 15.4. The Balaban J connectivity index is 2.03. The van der Waals surface area contributed by atoms with Crippen molar-refractivity contribution in [1.82, 2.24) is 5.32 Å². The normalized spacial score (nSPS) is 13.0. The molecule has 0 saturated carbocycles. The number of rotatable bonds is 8. The molecule has 0 heterocycles. The number of amides is 1. The molecule has 4 nitrogen and oxygen atoms in total. The van der Waals surface area contributed by atoms with E-state index in [0.29, 0.717) is 17.9 Å². The standard InChI is InChI=1S/C21H27NO3/c1-5-16-11-13-17(14-12-16)15(3)22-21(23)18(6-2)25-20-10-8-7-9-19(20)24-4/h7-15,18H,5-6H2,1-4H3,(H,22,23)/t15-,18+/m1/s1. The lowest BCUT2D eigenvalue weighted by atomic mass is 10.0. The summed E-state index contributed by atoms with van der Waals surface area (Å²) in [5.41, 5.74) is 2.37. The van der Waals surface area contributed by atoms with Crippen LogP contribution in [0.1, 0.15) is 44.4 Å². The van der Waals surface area contributed by atoms with Gasteiger partial charge in [0.2, 0.25) is 0 Å². The molecule has 4 heteroatoms. The number of para-hydroxylation sites is 2. The third kappa shape index (κ3) is 4.99. The molecule has 1 amide bonds. The van der Waals surface area contributed by atoms with Gasteiger partial charge in [-0.3, -0.25) is 4.79 Å². The van der Waals surface area contributed by atoms with Crippen molar-refractivity contribution in [3.63, 3.8) is 0 Å². The molecule has 2 aromatic rings. The summed E-state index contributed by atoms with van der Waals surface area (Å²) in [7, 11) is 1.59. The van der Waals surface area contributed by atoms with Crippen molar-refractivity contribution >= 4 is 5.91 Å². The minimum atomic E-state index is -0.561. The van der Waals surface area contributed by atoms with E-state index in [-0.39, 0.29) is 11.9 Å². The van der Waals surface area contributed by atoms with Crippen LogP contribution >= 0.6 is 0 Å². The maximum atomic E-state index is 12.6. The van der Waals surface area contributed by atoms with Crippen LogP contribution in [0.5, 0.6) is 11.5 Å². The predicted octanol–water partition coefficient (Wildman–Crippen LogP) is 4.29. The fourth-order valence-electron chi connectivity index (χ4n) is 2.62. The fraction of sp³-hybridized carbons (Fsp3) is 0.381. The Hall–Kier alpha value is -2.49. The van der Waals surface area contributed by atoms with Gasteiger partial charge in [0, 0.05) is 0 Å². The van der Waals surface area contributed by atoms with Crippen molar-refractivity contribution in [3.8, 4) is 11.5 Å². The van der Waals surface area contributed by atoms with Gasteiger partial charge in [-0.2, -0.15) is 0 Å². The van der Waals surface area contributed by atoms with Gasteiger partial charge in [0.05, 0.1) is 13.2 Å². The van der Waals surface area contributed by atoms with Crippen LogP contribution in [0.2, 0.25) is 0 Å². The Morgan fingerprint density at radius 2 is 1.68 bits per heavy atom. The van der Waals surface area contributed by atoms with E-state index in [4.69, 9.17) is 9.47 Å². The summed E-state index contributed by atoms with van der Waals surface area (Å²) in [5, 5.41) is 3.04.